The summed E-state index contributed by atoms with van der Waals surface area (Å²) in [6, 6.07) is 7.29. The quantitative estimate of drug-likeness (QED) is 0.745. The Kier molecular flexibility index (Phi) is 4.11. The number of hydrogen-bond acceptors (Lipinski definition) is 4. The highest BCUT2D eigenvalue weighted by Gasteiger charge is 2.20. The van der Waals surface area contributed by atoms with Crippen LogP contribution in [-0.4, -0.2) is 13.0 Å². The maximum absolute atomic E-state index is 12.7. The molecule has 0 fully saturated rings. The SMILES string of the molecule is Cc1cc2c(cc1S(=O)(=O)Nc1cc(Cl)cc(Cl)c1)oc(=O)n2C. The van der Waals surface area contributed by atoms with E-state index in [0.717, 1.165) is 0 Å². The fourth-order valence-electron chi connectivity index (χ4n) is 2.37. The summed E-state index contributed by atoms with van der Waals surface area (Å²) in [5, 5.41) is 0.614. The van der Waals surface area contributed by atoms with E-state index in [-0.39, 0.29) is 16.2 Å². The van der Waals surface area contributed by atoms with Gasteiger partial charge in [-0.15, -0.1) is 0 Å². The minimum absolute atomic E-state index is 0.000415. The molecule has 0 unspecified atom stereocenters. The number of fused-ring (bicyclic) bond motifs is 1. The molecule has 2 aromatic carbocycles. The van der Waals surface area contributed by atoms with Gasteiger partial charge in [-0.2, -0.15) is 0 Å². The first kappa shape index (κ1) is 16.9. The van der Waals surface area contributed by atoms with Crippen molar-refractivity contribution in [2.75, 3.05) is 4.72 Å². The van der Waals surface area contributed by atoms with E-state index in [1.807, 2.05) is 0 Å². The zero-order valence-corrected chi connectivity index (χ0v) is 15.0. The van der Waals surface area contributed by atoms with Gasteiger partial charge in [-0.1, -0.05) is 23.2 Å². The molecule has 0 aliphatic rings. The summed E-state index contributed by atoms with van der Waals surface area (Å²) < 4.78 is 34.1. The van der Waals surface area contributed by atoms with Gasteiger partial charge < -0.3 is 4.42 Å². The molecule has 1 N–H and O–H groups in total. The molecule has 1 aromatic heterocycles. The number of nitrogens with zero attached hydrogens (tertiary/aromatic N) is 1. The smallest absolute Gasteiger partial charge is 0.408 e. The predicted molar refractivity (Wildman–Crippen MR) is 93.5 cm³/mol. The van der Waals surface area contributed by atoms with Gasteiger partial charge in [0.05, 0.1) is 16.1 Å². The number of sulfonamides is 1. The van der Waals surface area contributed by atoms with Crippen LogP contribution in [0, 0.1) is 6.92 Å². The lowest BCUT2D eigenvalue weighted by Gasteiger charge is -2.11. The molecule has 0 saturated heterocycles. The second-order valence-corrected chi connectivity index (χ2v) is 7.80. The molecule has 0 saturated carbocycles. The molecular formula is C15H12Cl2N2O4S. The lowest BCUT2D eigenvalue weighted by Crippen LogP contribution is -2.14. The molecule has 9 heteroatoms. The summed E-state index contributed by atoms with van der Waals surface area (Å²) in [7, 11) is -2.36. The number of anilines is 1. The normalized spacial score (nSPS) is 11.8. The first-order chi connectivity index (χ1) is 11.2. The fraction of sp³-hybridized carbons (Fsp3) is 0.133. The third-order valence-electron chi connectivity index (χ3n) is 3.49. The second-order valence-electron chi connectivity index (χ2n) is 5.28. The molecule has 0 bridgehead atoms. The number of nitrogens with one attached hydrogen (secondary N) is 1. The molecule has 0 radical (unpaired) electrons. The van der Waals surface area contributed by atoms with E-state index in [0.29, 0.717) is 21.1 Å². The first-order valence-electron chi connectivity index (χ1n) is 6.76. The van der Waals surface area contributed by atoms with Crippen LogP contribution in [0.3, 0.4) is 0 Å². The van der Waals surface area contributed by atoms with Gasteiger partial charge in [0, 0.05) is 23.2 Å². The number of oxazole rings is 1. The van der Waals surface area contributed by atoms with Crippen LogP contribution in [-0.2, 0) is 17.1 Å². The number of halogens is 2. The minimum Gasteiger partial charge on any atom is -0.408 e. The Morgan fingerprint density at radius 1 is 1.08 bits per heavy atom. The Balaban J connectivity index is 2.11. The summed E-state index contributed by atoms with van der Waals surface area (Å²) in [6.45, 7) is 1.64. The molecule has 0 spiro atoms. The third-order valence-corrected chi connectivity index (χ3v) is 5.45. The van der Waals surface area contributed by atoms with Crippen molar-refractivity contribution in [2.24, 2.45) is 7.05 Å². The van der Waals surface area contributed by atoms with Gasteiger partial charge in [0.25, 0.3) is 10.0 Å². The van der Waals surface area contributed by atoms with Crippen LogP contribution in [0.2, 0.25) is 10.0 Å². The molecule has 3 aromatic rings. The van der Waals surface area contributed by atoms with Crippen LogP contribution in [0.25, 0.3) is 11.1 Å². The maximum atomic E-state index is 12.7. The molecule has 6 nitrogen and oxygen atoms in total. The lowest BCUT2D eigenvalue weighted by atomic mass is 10.2. The Hall–Kier alpha value is -1.96. The number of benzene rings is 2. The zero-order chi connectivity index (χ0) is 17.6. The number of aryl methyl sites for hydroxylation is 2. The van der Waals surface area contributed by atoms with Crippen molar-refractivity contribution in [1.82, 2.24) is 4.57 Å². The highest BCUT2D eigenvalue weighted by atomic mass is 35.5. The van der Waals surface area contributed by atoms with Crippen LogP contribution >= 0.6 is 23.2 Å². The van der Waals surface area contributed by atoms with E-state index < -0.39 is 15.8 Å². The molecule has 24 heavy (non-hydrogen) atoms. The predicted octanol–water partition coefficient (Wildman–Crippen LogP) is 3.55. The molecule has 0 amide bonds. The number of hydrogen-bond donors (Lipinski definition) is 1. The summed E-state index contributed by atoms with van der Waals surface area (Å²) in [5.74, 6) is -0.562. The maximum Gasteiger partial charge on any atom is 0.419 e. The summed E-state index contributed by atoms with van der Waals surface area (Å²) in [5.41, 5.74) is 1.42. The van der Waals surface area contributed by atoms with Crippen molar-refractivity contribution < 1.29 is 12.8 Å². The van der Waals surface area contributed by atoms with Gasteiger partial charge in [0.15, 0.2) is 5.58 Å². The van der Waals surface area contributed by atoms with Gasteiger partial charge in [0.1, 0.15) is 0 Å². The summed E-state index contributed by atoms with van der Waals surface area (Å²) in [6.07, 6.45) is 0. The Morgan fingerprint density at radius 2 is 1.71 bits per heavy atom. The standard InChI is InChI=1S/C15H12Cl2N2O4S/c1-8-3-12-13(23-15(20)19(12)2)7-14(8)24(21,22)18-11-5-9(16)4-10(17)6-11/h3-7,18H,1-2H3. The van der Waals surface area contributed by atoms with Crippen LogP contribution in [0.1, 0.15) is 5.56 Å². The minimum atomic E-state index is -3.91. The van der Waals surface area contributed by atoms with Crippen molar-refractivity contribution >= 4 is 50.0 Å². The average molecular weight is 387 g/mol. The van der Waals surface area contributed by atoms with Crippen LogP contribution < -0.4 is 10.5 Å². The van der Waals surface area contributed by atoms with Gasteiger partial charge in [-0.25, -0.2) is 13.2 Å². The Bertz CT molecular complexity index is 1100. The van der Waals surface area contributed by atoms with Crippen LogP contribution in [0.5, 0.6) is 0 Å². The van der Waals surface area contributed by atoms with Crippen molar-refractivity contribution in [2.45, 2.75) is 11.8 Å². The van der Waals surface area contributed by atoms with Crippen molar-refractivity contribution in [1.29, 1.82) is 0 Å². The molecule has 3 rings (SSSR count). The van der Waals surface area contributed by atoms with Gasteiger partial charge in [-0.3, -0.25) is 9.29 Å². The van der Waals surface area contributed by atoms with E-state index in [9.17, 15) is 13.2 Å². The lowest BCUT2D eigenvalue weighted by molar-refractivity contribution is 0.527. The van der Waals surface area contributed by atoms with Crippen LogP contribution in [0.4, 0.5) is 5.69 Å². The number of aromatic nitrogens is 1. The molecule has 0 atom stereocenters. The number of rotatable bonds is 3. The zero-order valence-electron chi connectivity index (χ0n) is 12.6. The largest absolute Gasteiger partial charge is 0.419 e. The van der Waals surface area contributed by atoms with Crippen molar-refractivity contribution in [3.8, 4) is 0 Å². The van der Waals surface area contributed by atoms with E-state index >= 15 is 0 Å². The van der Waals surface area contributed by atoms with E-state index in [1.54, 1.807) is 20.0 Å². The average Bonchev–Trinajstić information content (AvgIpc) is 2.71. The second kappa shape index (κ2) is 5.84. The molecule has 0 aliphatic carbocycles. The van der Waals surface area contributed by atoms with E-state index in [2.05, 4.69) is 4.72 Å². The molecule has 1 heterocycles. The van der Waals surface area contributed by atoms with Gasteiger partial charge in [0.2, 0.25) is 0 Å². The fourth-order valence-corrected chi connectivity index (χ4v) is 4.18. The van der Waals surface area contributed by atoms with E-state index in [1.165, 1.54) is 28.8 Å². The highest BCUT2D eigenvalue weighted by molar-refractivity contribution is 7.92. The highest BCUT2D eigenvalue weighted by Crippen LogP contribution is 2.27. The topological polar surface area (TPSA) is 81.3 Å². The molecule has 0 aliphatic heterocycles. The third kappa shape index (κ3) is 3.02. The Labute approximate surface area is 147 Å². The molecule has 126 valence electrons. The molecular weight excluding hydrogens is 375 g/mol. The summed E-state index contributed by atoms with van der Waals surface area (Å²) >= 11 is 11.8. The van der Waals surface area contributed by atoms with Gasteiger partial charge in [-0.05, 0) is 36.8 Å². The Morgan fingerprint density at radius 3 is 2.33 bits per heavy atom. The monoisotopic (exact) mass is 386 g/mol. The van der Waals surface area contributed by atoms with Crippen molar-refractivity contribution in [3.63, 3.8) is 0 Å². The summed E-state index contributed by atoms with van der Waals surface area (Å²) in [4.78, 5) is 11.6. The van der Waals surface area contributed by atoms with Crippen molar-refractivity contribution in [3.05, 3.63) is 56.5 Å². The van der Waals surface area contributed by atoms with Gasteiger partial charge >= 0.3 is 5.76 Å². The van der Waals surface area contributed by atoms with E-state index in [4.69, 9.17) is 27.6 Å². The van der Waals surface area contributed by atoms with Crippen LogP contribution in [0.15, 0.2) is 44.4 Å². The first-order valence-corrected chi connectivity index (χ1v) is 9.00.